The molecule has 0 aromatic carbocycles. The number of carbonyl (C=O) groups is 1. The van der Waals surface area contributed by atoms with Crippen LogP contribution in [-0.2, 0) is 10.2 Å². The number of halogens is 1. The zero-order valence-electron chi connectivity index (χ0n) is 9.46. The minimum atomic E-state index is -0.651. The molecule has 2 nitrogen and oxygen atoms in total. The number of carboxylic acid groups (broad SMARTS) is 1. The third-order valence-corrected chi connectivity index (χ3v) is 7.93. The van der Waals surface area contributed by atoms with Gasteiger partial charge in [0.2, 0.25) is 0 Å². The molecule has 17 heavy (non-hydrogen) atoms. The molecular formula is C12H11IO2S2. The fourth-order valence-electron chi connectivity index (χ4n) is 2.24. The fourth-order valence-corrected chi connectivity index (χ4v) is 6.12. The highest BCUT2D eigenvalue weighted by Crippen LogP contribution is 2.55. The first-order chi connectivity index (χ1) is 7.97. The van der Waals surface area contributed by atoms with Gasteiger partial charge in [0.15, 0.2) is 0 Å². The lowest BCUT2D eigenvalue weighted by atomic mass is 10.0. The summed E-state index contributed by atoms with van der Waals surface area (Å²) in [5.74, 6) is -0.651. The van der Waals surface area contributed by atoms with Gasteiger partial charge in [-0.3, -0.25) is 4.79 Å². The predicted octanol–water partition coefficient (Wildman–Crippen LogP) is 4.30. The van der Waals surface area contributed by atoms with Crippen molar-refractivity contribution in [2.75, 3.05) is 0 Å². The maximum Gasteiger partial charge on any atom is 0.314 e. The van der Waals surface area contributed by atoms with Crippen molar-refractivity contribution >= 4 is 60.6 Å². The Morgan fingerprint density at radius 2 is 1.82 bits per heavy atom. The molecule has 0 amide bonds. The van der Waals surface area contributed by atoms with Crippen molar-refractivity contribution < 1.29 is 9.90 Å². The minimum Gasteiger partial charge on any atom is -0.481 e. The van der Waals surface area contributed by atoms with E-state index in [0.29, 0.717) is 0 Å². The second kappa shape index (κ2) is 3.68. The monoisotopic (exact) mass is 378 g/mol. The van der Waals surface area contributed by atoms with Crippen molar-refractivity contribution in [3.05, 3.63) is 18.9 Å². The number of hydrogen-bond acceptors (Lipinski definition) is 3. The normalized spacial score (nSPS) is 17.6. The molecule has 1 N–H and O–H groups in total. The van der Waals surface area contributed by atoms with Gasteiger partial charge in [-0.2, -0.15) is 0 Å². The SMILES string of the molecule is Cc1c(I)sc2c(C)c(C3(C(=O)O)CC3)sc12. The van der Waals surface area contributed by atoms with E-state index < -0.39 is 11.4 Å². The molecule has 0 bridgehead atoms. The lowest BCUT2D eigenvalue weighted by Crippen LogP contribution is -2.18. The van der Waals surface area contributed by atoms with E-state index >= 15 is 0 Å². The topological polar surface area (TPSA) is 37.3 Å². The van der Waals surface area contributed by atoms with Crippen molar-refractivity contribution in [3.63, 3.8) is 0 Å². The van der Waals surface area contributed by atoms with Crippen molar-refractivity contribution in [1.82, 2.24) is 0 Å². The molecule has 1 aliphatic carbocycles. The van der Waals surface area contributed by atoms with Gasteiger partial charge in [-0.05, 0) is 60.4 Å². The quantitative estimate of drug-likeness (QED) is 0.792. The predicted molar refractivity (Wildman–Crippen MR) is 80.4 cm³/mol. The van der Waals surface area contributed by atoms with Crippen LogP contribution < -0.4 is 0 Å². The van der Waals surface area contributed by atoms with Crippen LogP contribution in [0.3, 0.4) is 0 Å². The second-order valence-corrected chi connectivity index (χ2v) is 8.45. The number of fused-ring (bicyclic) bond motifs is 1. The molecule has 3 rings (SSSR count). The van der Waals surface area contributed by atoms with Crippen molar-refractivity contribution in [3.8, 4) is 0 Å². The number of carboxylic acids is 1. The molecule has 0 spiro atoms. The number of rotatable bonds is 2. The first-order valence-electron chi connectivity index (χ1n) is 5.39. The molecule has 1 saturated carbocycles. The van der Waals surface area contributed by atoms with E-state index in [1.54, 1.807) is 22.7 Å². The van der Waals surface area contributed by atoms with Gasteiger partial charge in [0, 0.05) is 14.3 Å². The summed E-state index contributed by atoms with van der Waals surface area (Å²) >= 11 is 5.84. The lowest BCUT2D eigenvalue weighted by Gasteiger charge is -2.08. The summed E-state index contributed by atoms with van der Waals surface area (Å²) in [4.78, 5) is 12.5. The first kappa shape index (κ1) is 11.9. The van der Waals surface area contributed by atoms with E-state index in [2.05, 4.69) is 36.4 Å². The van der Waals surface area contributed by atoms with E-state index in [0.717, 1.165) is 17.7 Å². The van der Waals surface area contributed by atoms with Gasteiger partial charge in [0.05, 0.1) is 2.88 Å². The molecule has 2 aromatic rings. The summed E-state index contributed by atoms with van der Waals surface area (Å²) < 4.78 is 3.90. The average molecular weight is 378 g/mol. The van der Waals surface area contributed by atoms with E-state index in [1.165, 1.54) is 23.4 Å². The summed E-state index contributed by atoms with van der Waals surface area (Å²) in [7, 11) is 0. The highest BCUT2D eigenvalue weighted by molar-refractivity contribution is 14.1. The molecule has 0 saturated heterocycles. The fraction of sp³-hybridized carbons (Fsp3) is 0.417. The molecule has 0 unspecified atom stereocenters. The van der Waals surface area contributed by atoms with Crippen molar-refractivity contribution in [1.29, 1.82) is 0 Å². The Morgan fingerprint density at radius 3 is 2.29 bits per heavy atom. The standard InChI is InChI=1S/C12H11IO2S2/c1-5-7-8(6(2)10(13)17-7)16-9(5)12(3-4-12)11(14)15/h3-4H2,1-2H3,(H,14,15). The van der Waals surface area contributed by atoms with Crippen LogP contribution in [0, 0.1) is 16.7 Å². The van der Waals surface area contributed by atoms with Gasteiger partial charge in [-0.1, -0.05) is 0 Å². The maximum absolute atomic E-state index is 11.4. The molecule has 0 aliphatic heterocycles. The Balaban J connectivity index is 2.26. The summed E-state index contributed by atoms with van der Waals surface area (Å²) in [6.07, 6.45) is 1.60. The Bertz CT molecular complexity index is 635. The first-order valence-corrected chi connectivity index (χ1v) is 8.10. The molecule has 1 fully saturated rings. The summed E-state index contributed by atoms with van der Waals surface area (Å²) in [6, 6.07) is 0. The smallest absolute Gasteiger partial charge is 0.314 e. The zero-order valence-corrected chi connectivity index (χ0v) is 13.3. The lowest BCUT2D eigenvalue weighted by molar-refractivity contribution is -0.139. The Hall–Kier alpha value is -0.140. The third-order valence-electron chi connectivity index (χ3n) is 3.51. The zero-order chi connectivity index (χ0) is 12.4. The molecule has 2 aromatic heterocycles. The molecule has 0 radical (unpaired) electrons. The van der Waals surface area contributed by atoms with E-state index in [9.17, 15) is 9.90 Å². The van der Waals surface area contributed by atoms with Crippen LogP contribution in [0.1, 0.15) is 28.8 Å². The number of hydrogen-bond donors (Lipinski definition) is 1. The molecule has 90 valence electrons. The summed E-state index contributed by atoms with van der Waals surface area (Å²) in [5, 5.41) is 9.38. The third kappa shape index (κ3) is 1.51. The van der Waals surface area contributed by atoms with Crippen molar-refractivity contribution in [2.45, 2.75) is 32.1 Å². The van der Waals surface area contributed by atoms with Crippen LogP contribution in [0.4, 0.5) is 0 Å². The summed E-state index contributed by atoms with van der Waals surface area (Å²) in [6.45, 7) is 4.20. The van der Waals surface area contributed by atoms with Gasteiger partial charge in [-0.25, -0.2) is 0 Å². The highest BCUT2D eigenvalue weighted by atomic mass is 127. The van der Waals surface area contributed by atoms with Crippen LogP contribution in [-0.4, -0.2) is 11.1 Å². The van der Waals surface area contributed by atoms with Crippen molar-refractivity contribution in [2.24, 2.45) is 0 Å². The van der Waals surface area contributed by atoms with Gasteiger partial charge in [0.1, 0.15) is 5.41 Å². The van der Waals surface area contributed by atoms with Crippen LogP contribution in [0.5, 0.6) is 0 Å². The molecule has 2 heterocycles. The largest absolute Gasteiger partial charge is 0.481 e. The molecule has 1 aliphatic rings. The molecule has 0 atom stereocenters. The van der Waals surface area contributed by atoms with Gasteiger partial charge < -0.3 is 5.11 Å². The molecule has 5 heteroatoms. The second-order valence-electron chi connectivity index (χ2n) is 4.60. The summed E-state index contributed by atoms with van der Waals surface area (Å²) in [5.41, 5.74) is 1.96. The number of aryl methyl sites for hydroxylation is 2. The highest BCUT2D eigenvalue weighted by Gasteiger charge is 2.54. The minimum absolute atomic E-state index is 0.550. The van der Waals surface area contributed by atoms with Crippen LogP contribution in [0.15, 0.2) is 0 Å². The Labute approximate surface area is 121 Å². The molecular weight excluding hydrogens is 367 g/mol. The Kier molecular flexibility index (Phi) is 2.58. The Morgan fingerprint density at radius 1 is 1.24 bits per heavy atom. The van der Waals surface area contributed by atoms with E-state index in [-0.39, 0.29) is 0 Å². The van der Waals surface area contributed by atoms with Gasteiger partial charge in [0.25, 0.3) is 0 Å². The van der Waals surface area contributed by atoms with Gasteiger partial charge in [-0.15, -0.1) is 22.7 Å². The van der Waals surface area contributed by atoms with Crippen LogP contribution >= 0.6 is 45.3 Å². The number of thiophene rings is 2. The maximum atomic E-state index is 11.4. The van der Waals surface area contributed by atoms with Crippen LogP contribution in [0.2, 0.25) is 0 Å². The van der Waals surface area contributed by atoms with Crippen LogP contribution in [0.25, 0.3) is 9.40 Å². The van der Waals surface area contributed by atoms with E-state index in [4.69, 9.17) is 0 Å². The van der Waals surface area contributed by atoms with Gasteiger partial charge >= 0.3 is 5.97 Å². The number of aliphatic carboxylic acids is 1. The average Bonchev–Trinajstić information content (AvgIpc) is 2.96. The van der Waals surface area contributed by atoms with E-state index in [1.807, 2.05) is 0 Å².